The number of carbonyl (C=O) groups is 1. The Morgan fingerprint density at radius 3 is 2.89 bits per heavy atom. The summed E-state index contributed by atoms with van der Waals surface area (Å²) in [4.78, 5) is 16.7. The summed E-state index contributed by atoms with van der Waals surface area (Å²) in [6.07, 6.45) is 6.91. The average Bonchev–Trinajstić information content (AvgIpc) is 3.02. The smallest absolute Gasteiger partial charge is 0.312 e. The van der Waals surface area contributed by atoms with Gasteiger partial charge in [-0.1, -0.05) is 12.8 Å². The first kappa shape index (κ1) is 12.0. The number of rotatable bonds is 4. The van der Waals surface area contributed by atoms with E-state index in [0.717, 1.165) is 34.6 Å². The summed E-state index contributed by atoms with van der Waals surface area (Å²) in [5.41, 5.74) is 0.807. The van der Waals surface area contributed by atoms with Crippen molar-refractivity contribution in [2.75, 3.05) is 11.9 Å². The maximum Gasteiger partial charge on any atom is 0.312 e. The fraction of sp³-hybridized carbons (Fsp3) is 0.692. The van der Waals surface area contributed by atoms with Crippen LogP contribution in [-0.2, 0) is 11.2 Å². The monoisotopic (exact) mass is 266 g/mol. The van der Waals surface area contributed by atoms with E-state index in [-0.39, 0.29) is 5.92 Å². The molecule has 98 valence electrons. The predicted octanol–water partition coefficient (Wildman–Crippen LogP) is 2.86. The third-order valence-electron chi connectivity index (χ3n) is 4.03. The minimum atomic E-state index is -0.735. The molecule has 4 nitrogen and oxygen atoms in total. The second-order valence-electron chi connectivity index (χ2n) is 5.29. The van der Waals surface area contributed by atoms with Gasteiger partial charge in [0.1, 0.15) is 5.92 Å². The highest BCUT2D eigenvalue weighted by atomic mass is 32.1. The van der Waals surface area contributed by atoms with Crippen molar-refractivity contribution in [1.82, 2.24) is 4.98 Å². The minimum Gasteiger partial charge on any atom is -0.481 e. The maximum atomic E-state index is 11.1. The molecule has 1 aromatic rings. The molecule has 2 aliphatic carbocycles. The van der Waals surface area contributed by atoms with E-state index in [4.69, 9.17) is 5.11 Å². The Morgan fingerprint density at radius 2 is 2.17 bits per heavy atom. The Hall–Kier alpha value is -1.10. The lowest BCUT2D eigenvalue weighted by atomic mass is 10.1. The second kappa shape index (κ2) is 4.88. The standard InChI is InChI=1S/C13H18N2O2S/c16-12(17)9-5-6-10-11(9)15-13(18-10)14-7-8-3-1-2-4-8/h8-9H,1-7H2,(H,14,15)(H,16,17). The molecule has 0 saturated heterocycles. The molecule has 0 spiro atoms. The summed E-state index contributed by atoms with van der Waals surface area (Å²) in [7, 11) is 0. The van der Waals surface area contributed by atoms with Crippen LogP contribution >= 0.6 is 11.3 Å². The predicted molar refractivity (Wildman–Crippen MR) is 71.3 cm³/mol. The summed E-state index contributed by atoms with van der Waals surface area (Å²) in [6, 6.07) is 0. The molecule has 0 amide bonds. The van der Waals surface area contributed by atoms with Crippen LogP contribution < -0.4 is 5.32 Å². The molecular formula is C13H18N2O2S. The Labute approximate surface area is 110 Å². The van der Waals surface area contributed by atoms with Gasteiger partial charge in [-0.3, -0.25) is 4.79 Å². The lowest BCUT2D eigenvalue weighted by Gasteiger charge is -2.09. The molecule has 0 bridgehead atoms. The fourth-order valence-corrected chi connectivity index (χ4v) is 4.03. The van der Waals surface area contributed by atoms with E-state index in [0.29, 0.717) is 6.42 Å². The van der Waals surface area contributed by atoms with Crippen molar-refractivity contribution in [2.24, 2.45) is 5.92 Å². The summed E-state index contributed by atoms with van der Waals surface area (Å²) in [6.45, 7) is 0.990. The van der Waals surface area contributed by atoms with Gasteiger partial charge >= 0.3 is 5.97 Å². The van der Waals surface area contributed by atoms with Gasteiger partial charge in [-0.15, -0.1) is 11.3 Å². The third kappa shape index (κ3) is 2.23. The first-order chi connectivity index (χ1) is 8.74. The van der Waals surface area contributed by atoms with Crippen LogP contribution in [0.3, 0.4) is 0 Å². The summed E-state index contributed by atoms with van der Waals surface area (Å²) < 4.78 is 0. The van der Waals surface area contributed by atoms with Gasteiger partial charge in [0.25, 0.3) is 0 Å². The summed E-state index contributed by atoms with van der Waals surface area (Å²) in [5.74, 6) is -0.335. The molecule has 0 radical (unpaired) electrons. The number of hydrogen-bond donors (Lipinski definition) is 2. The normalized spacial score (nSPS) is 23.2. The molecule has 1 saturated carbocycles. The number of fused-ring (bicyclic) bond motifs is 1. The van der Waals surface area contributed by atoms with E-state index in [1.165, 1.54) is 25.7 Å². The van der Waals surface area contributed by atoms with Crippen molar-refractivity contribution < 1.29 is 9.90 Å². The molecule has 1 unspecified atom stereocenters. The number of thiazole rings is 1. The maximum absolute atomic E-state index is 11.1. The zero-order valence-corrected chi connectivity index (χ0v) is 11.1. The van der Waals surface area contributed by atoms with Gasteiger partial charge in [0, 0.05) is 11.4 Å². The van der Waals surface area contributed by atoms with Crippen molar-refractivity contribution in [1.29, 1.82) is 0 Å². The lowest BCUT2D eigenvalue weighted by molar-refractivity contribution is -0.138. The lowest BCUT2D eigenvalue weighted by Crippen LogP contribution is -2.12. The highest BCUT2D eigenvalue weighted by molar-refractivity contribution is 7.15. The van der Waals surface area contributed by atoms with Crippen LogP contribution in [0.2, 0.25) is 0 Å². The molecule has 1 fully saturated rings. The topological polar surface area (TPSA) is 62.2 Å². The Morgan fingerprint density at radius 1 is 1.39 bits per heavy atom. The molecule has 1 aromatic heterocycles. The number of nitrogens with one attached hydrogen (secondary N) is 1. The zero-order valence-electron chi connectivity index (χ0n) is 10.3. The van der Waals surface area contributed by atoms with Gasteiger partial charge in [0.15, 0.2) is 5.13 Å². The molecule has 0 aliphatic heterocycles. The number of anilines is 1. The van der Waals surface area contributed by atoms with Crippen LogP contribution in [0.25, 0.3) is 0 Å². The summed E-state index contributed by atoms with van der Waals surface area (Å²) in [5, 5.41) is 13.4. The van der Waals surface area contributed by atoms with E-state index >= 15 is 0 Å². The third-order valence-corrected chi connectivity index (χ3v) is 5.12. The Kier molecular flexibility index (Phi) is 3.24. The Bertz CT molecular complexity index is 452. The van der Waals surface area contributed by atoms with Crippen molar-refractivity contribution in [3.8, 4) is 0 Å². The molecule has 2 aliphatic rings. The van der Waals surface area contributed by atoms with E-state index < -0.39 is 5.97 Å². The number of aryl methyl sites for hydroxylation is 1. The van der Waals surface area contributed by atoms with Gasteiger partial charge in [-0.2, -0.15) is 0 Å². The largest absolute Gasteiger partial charge is 0.481 e. The number of hydrogen-bond acceptors (Lipinski definition) is 4. The zero-order chi connectivity index (χ0) is 12.5. The number of carboxylic acids is 1. The molecular weight excluding hydrogens is 248 g/mol. The van der Waals surface area contributed by atoms with Gasteiger partial charge in [-0.25, -0.2) is 4.98 Å². The van der Waals surface area contributed by atoms with Crippen molar-refractivity contribution in [2.45, 2.75) is 44.4 Å². The molecule has 2 N–H and O–H groups in total. The number of aromatic nitrogens is 1. The number of nitrogens with zero attached hydrogens (tertiary/aromatic N) is 1. The highest BCUT2D eigenvalue weighted by Crippen LogP contribution is 2.38. The second-order valence-corrected chi connectivity index (χ2v) is 6.37. The molecule has 3 rings (SSSR count). The van der Waals surface area contributed by atoms with Gasteiger partial charge in [0.2, 0.25) is 0 Å². The van der Waals surface area contributed by atoms with E-state index in [9.17, 15) is 4.79 Å². The van der Waals surface area contributed by atoms with Gasteiger partial charge in [0.05, 0.1) is 5.69 Å². The first-order valence-electron chi connectivity index (χ1n) is 6.70. The highest BCUT2D eigenvalue weighted by Gasteiger charge is 2.32. The molecule has 5 heteroatoms. The molecule has 1 atom stereocenters. The summed E-state index contributed by atoms with van der Waals surface area (Å²) >= 11 is 1.64. The number of aliphatic carboxylic acids is 1. The van der Waals surface area contributed by atoms with Crippen molar-refractivity contribution >= 4 is 22.4 Å². The van der Waals surface area contributed by atoms with E-state index in [1.807, 2.05) is 0 Å². The molecule has 18 heavy (non-hydrogen) atoms. The number of carboxylic acid groups (broad SMARTS) is 1. The van der Waals surface area contributed by atoms with Crippen LogP contribution in [0.4, 0.5) is 5.13 Å². The Balaban J connectivity index is 1.64. The van der Waals surface area contributed by atoms with Crippen LogP contribution in [-0.4, -0.2) is 22.6 Å². The minimum absolute atomic E-state index is 0.377. The fourth-order valence-electron chi connectivity index (χ4n) is 2.99. The first-order valence-corrected chi connectivity index (χ1v) is 7.52. The van der Waals surface area contributed by atoms with E-state index in [1.54, 1.807) is 11.3 Å². The van der Waals surface area contributed by atoms with Crippen LogP contribution in [0, 0.1) is 5.92 Å². The van der Waals surface area contributed by atoms with Crippen molar-refractivity contribution in [3.05, 3.63) is 10.6 Å². The quantitative estimate of drug-likeness (QED) is 0.879. The van der Waals surface area contributed by atoms with Crippen molar-refractivity contribution in [3.63, 3.8) is 0 Å². The SMILES string of the molecule is O=C(O)C1CCc2sc(NCC3CCCC3)nc21. The van der Waals surface area contributed by atoms with Gasteiger partial charge in [-0.05, 0) is 31.6 Å². The molecule has 0 aromatic carbocycles. The van der Waals surface area contributed by atoms with Crippen LogP contribution in [0.5, 0.6) is 0 Å². The van der Waals surface area contributed by atoms with Crippen LogP contribution in [0.1, 0.15) is 48.6 Å². The van der Waals surface area contributed by atoms with Gasteiger partial charge < -0.3 is 10.4 Å². The average molecular weight is 266 g/mol. The molecule has 1 heterocycles. The van der Waals surface area contributed by atoms with E-state index in [2.05, 4.69) is 10.3 Å². The van der Waals surface area contributed by atoms with Crippen LogP contribution in [0.15, 0.2) is 0 Å².